The predicted molar refractivity (Wildman–Crippen MR) is 118 cm³/mol. The summed E-state index contributed by atoms with van der Waals surface area (Å²) in [5, 5.41) is 0.686. The monoisotopic (exact) mass is 422 g/mol. The molecule has 1 fully saturated rings. The Morgan fingerprint density at radius 2 is 1.93 bits per heavy atom. The normalized spacial score (nSPS) is 18.0. The molecule has 1 saturated heterocycles. The highest BCUT2D eigenvalue weighted by atomic mass is 35.5. The molecule has 5 nitrogen and oxygen atoms in total. The van der Waals surface area contributed by atoms with Crippen molar-refractivity contribution in [3.05, 3.63) is 39.5 Å². The van der Waals surface area contributed by atoms with E-state index in [9.17, 15) is 9.35 Å². The number of benzene rings is 1. The lowest BCUT2D eigenvalue weighted by Gasteiger charge is -2.29. The molecule has 0 bridgehead atoms. The SMILES string of the molecule is C/C(=N\[S@+]([O-])C(C)(C)C)c1cc(C)cc2c(=O)cc(N3CCC(Cl)CC3)oc12. The van der Waals surface area contributed by atoms with Crippen LogP contribution in [0.4, 0.5) is 5.88 Å². The second kappa shape index (κ2) is 8.09. The van der Waals surface area contributed by atoms with Gasteiger partial charge in [0.15, 0.2) is 11.3 Å². The topological polar surface area (TPSA) is 68.9 Å². The number of hydrogen-bond donors (Lipinski definition) is 0. The third kappa shape index (κ3) is 4.56. The molecular formula is C21H27ClN2O3S. The summed E-state index contributed by atoms with van der Waals surface area (Å²) in [6.07, 6.45) is 1.71. The first kappa shape index (κ1) is 21.2. The number of rotatable bonds is 3. The molecule has 0 spiro atoms. The van der Waals surface area contributed by atoms with Crippen LogP contribution in [0.3, 0.4) is 0 Å². The quantitative estimate of drug-likeness (QED) is 0.412. The molecule has 0 radical (unpaired) electrons. The van der Waals surface area contributed by atoms with E-state index in [1.807, 2.05) is 46.8 Å². The van der Waals surface area contributed by atoms with Crippen molar-refractivity contribution < 1.29 is 8.97 Å². The summed E-state index contributed by atoms with van der Waals surface area (Å²) in [5.74, 6) is 0.552. The van der Waals surface area contributed by atoms with Crippen LogP contribution in [0.25, 0.3) is 11.0 Å². The zero-order valence-corrected chi connectivity index (χ0v) is 18.6. The Balaban J connectivity index is 2.12. The molecule has 0 N–H and O–H groups in total. The van der Waals surface area contributed by atoms with Crippen molar-refractivity contribution in [2.75, 3.05) is 18.0 Å². The Morgan fingerprint density at radius 3 is 2.54 bits per heavy atom. The first-order chi connectivity index (χ1) is 13.1. The first-order valence-corrected chi connectivity index (χ1v) is 11.1. The highest BCUT2D eigenvalue weighted by Gasteiger charge is 2.27. The Labute approximate surface area is 174 Å². The standard InChI is InChI=1S/C21H27ClN2O3S/c1-13-10-16(14(2)23-28(26)21(3,4)5)20-17(11-13)18(25)12-19(27-20)24-8-6-15(22)7-9-24/h10-12,15H,6-9H2,1-5H3/b23-14+/t28-/m1/s1. The summed E-state index contributed by atoms with van der Waals surface area (Å²) in [5.41, 5.74) is 2.65. The van der Waals surface area contributed by atoms with Crippen molar-refractivity contribution >= 4 is 45.5 Å². The summed E-state index contributed by atoms with van der Waals surface area (Å²) in [7, 11) is 0. The second-order valence-electron chi connectivity index (χ2n) is 8.34. The van der Waals surface area contributed by atoms with Gasteiger partial charge in [0.25, 0.3) is 0 Å². The van der Waals surface area contributed by atoms with Crippen molar-refractivity contribution in [1.82, 2.24) is 0 Å². The van der Waals surface area contributed by atoms with Crippen LogP contribution in [0.2, 0.25) is 0 Å². The van der Waals surface area contributed by atoms with Gasteiger partial charge in [-0.2, -0.15) is 0 Å². The Kier molecular flexibility index (Phi) is 6.13. The molecule has 152 valence electrons. The number of nitrogens with zero attached hydrogens (tertiary/aromatic N) is 2. The van der Waals surface area contributed by atoms with E-state index >= 15 is 0 Å². The van der Waals surface area contributed by atoms with E-state index in [4.69, 9.17) is 16.0 Å². The van der Waals surface area contributed by atoms with Gasteiger partial charge in [-0.15, -0.1) is 11.6 Å². The molecule has 2 aromatic rings. The number of anilines is 1. The number of hydrogen-bond acceptors (Lipinski definition) is 5. The molecular weight excluding hydrogens is 396 g/mol. The van der Waals surface area contributed by atoms with Gasteiger partial charge in [-0.1, -0.05) is 4.40 Å². The maximum Gasteiger partial charge on any atom is 0.200 e. The fourth-order valence-electron chi connectivity index (χ4n) is 3.19. The average Bonchev–Trinajstić information content (AvgIpc) is 2.61. The Morgan fingerprint density at radius 1 is 1.29 bits per heavy atom. The number of halogens is 1. The van der Waals surface area contributed by atoms with Crippen LogP contribution < -0.4 is 10.3 Å². The van der Waals surface area contributed by atoms with Crippen LogP contribution in [0, 0.1) is 6.92 Å². The zero-order valence-electron chi connectivity index (χ0n) is 17.0. The Bertz CT molecular complexity index is 957. The van der Waals surface area contributed by atoms with Crippen molar-refractivity contribution in [3.63, 3.8) is 0 Å². The molecule has 0 saturated carbocycles. The average molecular weight is 423 g/mol. The minimum atomic E-state index is -1.39. The molecule has 0 unspecified atom stereocenters. The van der Waals surface area contributed by atoms with E-state index in [0.717, 1.165) is 31.5 Å². The molecule has 28 heavy (non-hydrogen) atoms. The largest absolute Gasteiger partial charge is 0.591 e. The zero-order chi connectivity index (χ0) is 20.6. The van der Waals surface area contributed by atoms with Crippen molar-refractivity contribution in [1.29, 1.82) is 0 Å². The molecule has 0 aliphatic carbocycles. The smallest absolute Gasteiger partial charge is 0.200 e. The summed E-state index contributed by atoms with van der Waals surface area (Å²) in [4.78, 5) is 14.9. The van der Waals surface area contributed by atoms with Crippen LogP contribution in [0.15, 0.2) is 31.8 Å². The van der Waals surface area contributed by atoms with Crippen LogP contribution >= 0.6 is 11.6 Å². The fraction of sp³-hybridized carbons (Fsp3) is 0.524. The van der Waals surface area contributed by atoms with Gasteiger partial charge in [0, 0.05) is 30.1 Å². The highest BCUT2D eigenvalue weighted by molar-refractivity contribution is 7.91. The minimum absolute atomic E-state index is 0.0843. The fourth-order valence-corrected chi connectivity index (χ4v) is 4.01. The number of aryl methyl sites for hydroxylation is 1. The molecule has 2 heterocycles. The molecule has 1 atom stereocenters. The third-order valence-electron chi connectivity index (χ3n) is 4.83. The lowest BCUT2D eigenvalue weighted by atomic mass is 10.0. The highest BCUT2D eigenvalue weighted by Crippen LogP contribution is 2.28. The summed E-state index contributed by atoms with van der Waals surface area (Å²) in [6, 6.07) is 5.31. The van der Waals surface area contributed by atoms with Gasteiger partial charge in [-0.05, 0) is 65.2 Å². The van der Waals surface area contributed by atoms with E-state index in [-0.39, 0.29) is 10.8 Å². The van der Waals surface area contributed by atoms with E-state index in [1.165, 1.54) is 0 Å². The lowest BCUT2D eigenvalue weighted by Crippen LogP contribution is -2.34. The summed E-state index contributed by atoms with van der Waals surface area (Å²) < 4.78 is 22.6. The third-order valence-corrected chi connectivity index (χ3v) is 6.75. The van der Waals surface area contributed by atoms with E-state index in [0.29, 0.717) is 28.1 Å². The van der Waals surface area contributed by atoms with Crippen molar-refractivity contribution in [2.45, 2.75) is 57.6 Å². The molecule has 1 aliphatic heterocycles. The lowest BCUT2D eigenvalue weighted by molar-refractivity contribution is 0.516. The predicted octanol–water partition coefficient (Wildman–Crippen LogP) is 4.58. The molecule has 7 heteroatoms. The minimum Gasteiger partial charge on any atom is -0.591 e. The Hall–Kier alpha value is -1.50. The van der Waals surface area contributed by atoms with Crippen molar-refractivity contribution in [3.8, 4) is 0 Å². The molecule has 1 aliphatic rings. The van der Waals surface area contributed by atoms with E-state index in [1.54, 1.807) is 6.07 Å². The number of fused-ring (bicyclic) bond motifs is 1. The van der Waals surface area contributed by atoms with Crippen molar-refractivity contribution in [2.24, 2.45) is 4.40 Å². The maximum atomic E-state index is 12.8. The molecule has 0 amide bonds. The first-order valence-electron chi connectivity index (χ1n) is 9.51. The summed E-state index contributed by atoms with van der Waals surface area (Å²) in [6.45, 7) is 10.9. The van der Waals surface area contributed by atoms with Gasteiger partial charge in [0.1, 0.15) is 21.7 Å². The van der Waals surface area contributed by atoms with E-state index in [2.05, 4.69) is 9.30 Å². The maximum absolute atomic E-state index is 12.8. The van der Waals surface area contributed by atoms with Crippen LogP contribution in [0.1, 0.15) is 51.7 Å². The van der Waals surface area contributed by atoms with Crippen LogP contribution in [0.5, 0.6) is 0 Å². The van der Waals surface area contributed by atoms with E-state index < -0.39 is 16.1 Å². The van der Waals surface area contributed by atoms with Gasteiger partial charge in [-0.3, -0.25) is 4.79 Å². The molecule has 3 rings (SSSR count). The number of piperidine rings is 1. The van der Waals surface area contributed by atoms with Gasteiger partial charge >= 0.3 is 0 Å². The van der Waals surface area contributed by atoms with Gasteiger partial charge in [0.05, 0.1) is 11.1 Å². The van der Waals surface area contributed by atoms with Crippen LogP contribution in [-0.2, 0) is 11.4 Å². The molecule has 1 aromatic carbocycles. The number of alkyl halides is 1. The van der Waals surface area contributed by atoms with Gasteiger partial charge < -0.3 is 13.9 Å². The van der Waals surface area contributed by atoms with Crippen LogP contribution in [-0.4, -0.2) is 33.5 Å². The summed E-state index contributed by atoms with van der Waals surface area (Å²) >= 11 is 4.81. The molecule has 1 aromatic heterocycles. The van der Waals surface area contributed by atoms with Gasteiger partial charge in [0.2, 0.25) is 0 Å². The van der Waals surface area contributed by atoms with Gasteiger partial charge in [-0.25, -0.2) is 0 Å². The second-order valence-corrected chi connectivity index (χ2v) is 10.9.